The normalized spacial score (nSPS) is 41.5. The van der Waals surface area contributed by atoms with Crippen LogP contribution in [0.4, 0.5) is 0 Å². The number of carbonyl (C=O) groups excluding carboxylic acids is 1. The zero-order valence-electron chi connectivity index (χ0n) is 14.6. The number of benzene rings is 1. The number of carbonyl (C=O) groups is 1. The van der Waals surface area contributed by atoms with E-state index >= 15 is 0 Å². The number of fused-ring (bicyclic) bond motifs is 2. The van der Waals surface area contributed by atoms with Crippen molar-refractivity contribution in [3.05, 3.63) is 35.4 Å². The number of esters is 1. The summed E-state index contributed by atoms with van der Waals surface area (Å²) in [5.41, 5.74) is 3.30. The molecule has 23 heavy (non-hydrogen) atoms. The predicted octanol–water partition coefficient (Wildman–Crippen LogP) is 3.16. The number of nitrogens with zero attached hydrogens (tertiary/aromatic N) is 1. The lowest BCUT2D eigenvalue weighted by atomic mass is 9.42. The van der Waals surface area contributed by atoms with Gasteiger partial charge in [-0.3, -0.25) is 9.69 Å². The quantitative estimate of drug-likeness (QED) is 0.786. The van der Waals surface area contributed by atoms with Crippen LogP contribution in [0.5, 0.6) is 0 Å². The number of hydrogen-bond acceptors (Lipinski definition) is 3. The molecule has 2 heterocycles. The van der Waals surface area contributed by atoms with E-state index in [0.717, 1.165) is 19.3 Å². The van der Waals surface area contributed by atoms with Gasteiger partial charge in [-0.2, -0.15) is 0 Å². The summed E-state index contributed by atoms with van der Waals surface area (Å²) >= 11 is 0. The predicted molar refractivity (Wildman–Crippen MR) is 90.3 cm³/mol. The van der Waals surface area contributed by atoms with E-state index in [4.69, 9.17) is 4.74 Å². The first kappa shape index (κ1) is 15.2. The van der Waals surface area contributed by atoms with Gasteiger partial charge in [0.05, 0.1) is 12.5 Å². The Labute approximate surface area is 139 Å². The van der Waals surface area contributed by atoms with Gasteiger partial charge >= 0.3 is 5.97 Å². The van der Waals surface area contributed by atoms with E-state index in [1.54, 1.807) is 0 Å². The molecule has 0 aromatic heterocycles. The Bertz CT molecular complexity index is 657. The first-order valence-electron chi connectivity index (χ1n) is 8.89. The van der Waals surface area contributed by atoms with E-state index in [2.05, 4.69) is 50.1 Å². The number of rotatable bonds is 2. The van der Waals surface area contributed by atoms with Gasteiger partial charge in [-0.05, 0) is 49.8 Å². The molecular weight excluding hydrogens is 286 g/mol. The van der Waals surface area contributed by atoms with Crippen molar-refractivity contribution in [1.29, 1.82) is 0 Å². The Morgan fingerprint density at radius 3 is 2.78 bits per heavy atom. The second kappa shape index (κ2) is 4.83. The molecule has 1 aromatic rings. The van der Waals surface area contributed by atoms with Gasteiger partial charge in [-0.15, -0.1) is 0 Å². The summed E-state index contributed by atoms with van der Waals surface area (Å²) in [5, 5.41) is 0. The zero-order chi connectivity index (χ0) is 16.4. The van der Waals surface area contributed by atoms with E-state index < -0.39 is 0 Å². The second-order valence-electron chi connectivity index (χ2n) is 8.13. The molecule has 0 radical (unpaired) electrons. The van der Waals surface area contributed by atoms with Gasteiger partial charge in [0.25, 0.3) is 0 Å². The van der Waals surface area contributed by atoms with Crippen LogP contribution in [0.3, 0.4) is 0 Å². The molecule has 4 aliphatic rings. The van der Waals surface area contributed by atoms with Crippen molar-refractivity contribution < 1.29 is 9.53 Å². The maximum Gasteiger partial charge on any atom is 0.310 e. The van der Waals surface area contributed by atoms with Crippen molar-refractivity contribution in [2.24, 2.45) is 11.3 Å². The second-order valence-corrected chi connectivity index (χ2v) is 8.13. The standard InChI is InChI=1S/C20H27NO2/c1-5-23-18(22)14-11-20(3)17-10-13-8-6-7-9-15(13)19(20,2)12-16(14)21(17)4/h6-9,14,16-17H,5,10-12H2,1-4H3/t14?,16?,17?,19-,20+/m0/s1. The van der Waals surface area contributed by atoms with Gasteiger partial charge in [0, 0.05) is 17.5 Å². The molecule has 1 aromatic carbocycles. The molecular formula is C20H27NO2. The van der Waals surface area contributed by atoms with E-state index in [-0.39, 0.29) is 22.7 Å². The van der Waals surface area contributed by atoms with Crippen molar-refractivity contribution in [1.82, 2.24) is 4.90 Å². The maximum atomic E-state index is 12.5. The van der Waals surface area contributed by atoms with Gasteiger partial charge in [0.15, 0.2) is 0 Å². The Balaban J connectivity index is 1.80. The van der Waals surface area contributed by atoms with Crippen molar-refractivity contribution in [2.45, 2.75) is 57.5 Å². The molecule has 0 N–H and O–H groups in total. The first-order valence-corrected chi connectivity index (χ1v) is 8.89. The Kier molecular flexibility index (Phi) is 3.19. The topological polar surface area (TPSA) is 29.5 Å². The van der Waals surface area contributed by atoms with Crippen LogP contribution < -0.4 is 0 Å². The molecule has 3 nitrogen and oxygen atoms in total. The van der Waals surface area contributed by atoms with Crippen molar-refractivity contribution in [2.75, 3.05) is 13.7 Å². The summed E-state index contributed by atoms with van der Waals surface area (Å²) in [6.07, 6.45) is 3.11. The molecule has 5 rings (SSSR count). The first-order chi connectivity index (χ1) is 10.9. The van der Waals surface area contributed by atoms with Crippen LogP contribution in [-0.4, -0.2) is 36.6 Å². The van der Waals surface area contributed by atoms with E-state index in [9.17, 15) is 4.79 Å². The highest BCUT2D eigenvalue weighted by molar-refractivity contribution is 5.74. The highest BCUT2D eigenvalue weighted by atomic mass is 16.5. The molecule has 3 unspecified atom stereocenters. The van der Waals surface area contributed by atoms with Gasteiger partial charge in [-0.25, -0.2) is 0 Å². The monoisotopic (exact) mass is 313 g/mol. The van der Waals surface area contributed by atoms with E-state index in [0.29, 0.717) is 18.7 Å². The molecule has 0 amide bonds. The molecule has 2 aliphatic carbocycles. The molecule has 3 heteroatoms. The van der Waals surface area contributed by atoms with Crippen molar-refractivity contribution in [3.8, 4) is 0 Å². The minimum absolute atomic E-state index is 0.00457. The molecule has 2 saturated heterocycles. The van der Waals surface area contributed by atoms with Crippen LogP contribution in [0, 0.1) is 11.3 Å². The Morgan fingerprint density at radius 1 is 1.30 bits per heavy atom. The summed E-state index contributed by atoms with van der Waals surface area (Å²) in [4.78, 5) is 15.0. The number of piperidine rings is 2. The SMILES string of the molecule is CCOC(=O)C1C[C@]2(C)C3Cc4ccccc4[C@]2(C)CC1N3C. The Hall–Kier alpha value is -1.35. The average molecular weight is 313 g/mol. The van der Waals surface area contributed by atoms with Crippen molar-refractivity contribution in [3.63, 3.8) is 0 Å². The smallest absolute Gasteiger partial charge is 0.310 e. The lowest BCUT2D eigenvalue weighted by Gasteiger charge is -2.69. The van der Waals surface area contributed by atoms with Crippen LogP contribution in [0.25, 0.3) is 0 Å². The van der Waals surface area contributed by atoms with Crippen LogP contribution >= 0.6 is 0 Å². The van der Waals surface area contributed by atoms with E-state index in [1.807, 2.05) is 6.92 Å². The summed E-state index contributed by atoms with van der Waals surface area (Å²) in [6, 6.07) is 9.76. The van der Waals surface area contributed by atoms with Gasteiger partial charge in [-0.1, -0.05) is 38.1 Å². The van der Waals surface area contributed by atoms with Gasteiger partial charge in [0.1, 0.15) is 0 Å². The third-order valence-corrected chi connectivity index (χ3v) is 7.35. The van der Waals surface area contributed by atoms with Crippen LogP contribution in [0.15, 0.2) is 24.3 Å². The number of ether oxygens (including phenoxy) is 1. The van der Waals surface area contributed by atoms with Crippen molar-refractivity contribution >= 4 is 5.97 Å². The van der Waals surface area contributed by atoms with E-state index in [1.165, 1.54) is 11.1 Å². The largest absolute Gasteiger partial charge is 0.466 e. The van der Waals surface area contributed by atoms with Crippen LogP contribution in [-0.2, 0) is 21.4 Å². The summed E-state index contributed by atoms with van der Waals surface area (Å²) in [5.74, 6) is 0.0319. The molecule has 4 bridgehead atoms. The lowest BCUT2D eigenvalue weighted by Crippen LogP contribution is -2.73. The maximum absolute atomic E-state index is 12.5. The molecule has 0 spiro atoms. The molecule has 5 atom stereocenters. The zero-order valence-corrected chi connectivity index (χ0v) is 14.6. The fourth-order valence-corrected chi connectivity index (χ4v) is 5.95. The third-order valence-electron chi connectivity index (χ3n) is 7.35. The van der Waals surface area contributed by atoms with Gasteiger partial charge < -0.3 is 4.74 Å². The molecule has 1 saturated carbocycles. The average Bonchev–Trinajstić information content (AvgIpc) is 2.52. The molecule has 2 aliphatic heterocycles. The highest BCUT2D eigenvalue weighted by Crippen LogP contribution is 2.64. The fourth-order valence-electron chi connectivity index (χ4n) is 5.95. The minimum Gasteiger partial charge on any atom is -0.466 e. The summed E-state index contributed by atoms with van der Waals surface area (Å²) in [7, 11) is 2.21. The van der Waals surface area contributed by atoms with Crippen LogP contribution in [0.2, 0.25) is 0 Å². The Morgan fingerprint density at radius 2 is 2.04 bits per heavy atom. The van der Waals surface area contributed by atoms with Crippen LogP contribution in [0.1, 0.15) is 44.7 Å². The number of hydrogen-bond donors (Lipinski definition) is 0. The highest BCUT2D eigenvalue weighted by Gasteiger charge is 2.66. The fraction of sp³-hybridized carbons (Fsp3) is 0.650. The molecule has 3 fully saturated rings. The summed E-state index contributed by atoms with van der Waals surface area (Å²) < 4.78 is 5.39. The summed E-state index contributed by atoms with van der Waals surface area (Å²) in [6.45, 7) is 7.22. The minimum atomic E-state index is 0.00457. The molecule has 124 valence electrons. The lowest BCUT2D eigenvalue weighted by molar-refractivity contribution is -0.180. The van der Waals surface area contributed by atoms with Gasteiger partial charge in [0.2, 0.25) is 0 Å². The third kappa shape index (κ3) is 1.77. The number of likely N-dealkylation sites (N-methyl/N-ethyl adjacent to an activating group) is 1.